The predicted molar refractivity (Wildman–Crippen MR) is 91.8 cm³/mol. The molecular formula is C19H21FN2O4. The van der Waals surface area contributed by atoms with Crippen LogP contribution >= 0.6 is 0 Å². The maximum absolute atomic E-state index is 13.8. The lowest BCUT2D eigenvalue weighted by atomic mass is 9.87. The van der Waals surface area contributed by atoms with Crippen molar-refractivity contribution >= 4 is 17.0 Å². The first-order valence-corrected chi connectivity index (χ1v) is 8.67. The number of benzene rings is 1. The largest absolute Gasteiger partial charge is 0.618 e. The molecule has 0 N–H and O–H groups in total. The topological polar surface area (TPSA) is 69.0 Å². The summed E-state index contributed by atoms with van der Waals surface area (Å²) in [7, 11) is 0. The van der Waals surface area contributed by atoms with E-state index >= 15 is 0 Å². The van der Waals surface area contributed by atoms with Gasteiger partial charge in [-0.05, 0) is 32.9 Å². The van der Waals surface area contributed by atoms with Crippen LogP contribution in [0.15, 0.2) is 30.5 Å². The first-order chi connectivity index (χ1) is 12.2. The molecule has 0 radical (unpaired) electrons. The van der Waals surface area contributed by atoms with Gasteiger partial charge in [-0.25, -0.2) is 9.18 Å². The van der Waals surface area contributed by atoms with Crippen molar-refractivity contribution < 1.29 is 23.4 Å². The molecule has 1 aromatic heterocycles. The van der Waals surface area contributed by atoms with Gasteiger partial charge in [0.25, 0.3) is 0 Å². The van der Waals surface area contributed by atoms with E-state index in [0.29, 0.717) is 30.4 Å². The van der Waals surface area contributed by atoms with Crippen molar-refractivity contribution in [3.05, 3.63) is 47.1 Å². The average Bonchev–Trinajstić information content (AvgIpc) is 3.27. The summed E-state index contributed by atoms with van der Waals surface area (Å²) < 4.78 is 25.9. The second-order valence-corrected chi connectivity index (χ2v) is 7.89. The number of likely N-dealkylation sites (tertiary alicyclic amines) is 1. The van der Waals surface area contributed by atoms with Gasteiger partial charge < -0.3 is 19.6 Å². The first kappa shape index (κ1) is 17.0. The van der Waals surface area contributed by atoms with Crippen LogP contribution in [0.4, 0.5) is 9.18 Å². The number of carbonyl (C=O) groups is 1. The number of amides is 1. The fourth-order valence-corrected chi connectivity index (χ4v) is 3.68. The summed E-state index contributed by atoms with van der Waals surface area (Å²) in [5.41, 5.74) is 0.0825. The van der Waals surface area contributed by atoms with E-state index in [1.165, 1.54) is 24.4 Å². The normalized spacial score (nSPS) is 25.1. The Kier molecular flexibility index (Phi) is 3.63. The number of pyridine rings is 1. The first-order valence-electron chi connectivity index (χ1n) is 8.67. The third-order valence-electron chi connectivity index (χ3n) is 4.93. The molecule has 138 valence electrons. The van der Waals surface area contributed by atoms with E-state index < -0.39 is 17.0 Å². The van der Waals surface area contributed by atoms with Gasteiger partial charge in [0.05, 0.1) is 11.9 Å². The molecule has 2 fully saturated rings. The Hall–Kier alpha value is -2.41. The molecule has 1 amide bonds. The molecule has 0 bridgehead atoms. The summed E-state index contributed by atoms with van der Waals surface area (Å²) in [4.78, 5) is 13.9. The van der Waals surface area contributed by atoms with Crippen LogP contribution in [0.5, 0.6) is 0 Å². The lowest BCUT2D eigenvalue weighted by Gasteiger charge is -2.31. The molecule has 2 aliphatic rings. The molecule has 2 aromatic rings. The van der Waals surface area contributed by atoms with E-state index in [2.05, 4.69) is 0 Å². The minimum atomic E-state index is -0.571. The quantitative estimate of drug-likeness (QED) is 0.445. The molecule has 2 atom stereocenters. The summed E-state index contributed by atoms with van der Waals surface area (Å²) in [5, 5.41) is 12.6. The second kappa shape index (κ2) is 5.54. The molecule has 26 heavy (non-hydrogen) atoms. The Morgan fingerprint density at radius 2 is 2.19 bits per heavy atom. The van der Waals surface area contributed by atoms with E-state index in [9.17, 15) is 14.4 Å². The fourth-order valence-electron chi connectivity index (χ4n) is 3.68. The van der Waals surface area contributed by atoms with Crippen LogP contribution in [0.3, 0.4) is 0 Å². The standard InChI is InChI=1S/C19H21FN2O4/c1-18(2,3)26-17(23)21-9-7-19(16(11-21)25-19)14-6-8-22(24)15-5-4-12(20)10-13(14)15/h4-6,8,10,16H,7,9,11H2,1-3H3. The van der Waals surface area contributed by atoms with Crippen molar-refractivity contribution in [2.75, 3.05) is 13.1 Å². The molecule has 2 aliphatic heterocycles. The smallest absolute Gasteiger partial charge is 0.410 e. The van der Waals surface area contributed by atoms with E-state index in [1.54, 1.807) is 11.0 Å². The zero-order chi connectivity index (χ0) is 18.7. The number of ether oxygens (including phenoxy) is 2. The number of aromatic nitrogens is 1. The highest BCUT2D eigenvalue weighted by Crippen LogP contribution is 2.53. The van der Waals surface area contributed by atoms with Gasteiger partial charge >= 0.3 is 6.09 Å². The number of epoxide rings is 1. The van der Waals surface area contributed by atoms with Gasteiger partial charge in [-0.2, -0.15) is 4.73 Å². The van der Waals surface area contributed by atoms with E-state index in [0.717, 1.165) is 10.3 Å². The molecule has 4 rings (SSSR count). The molecule has 6 nitrogen and oxygen atoms in total. The lowest BCUT2D eigenvalue weighted by Crippen LogP contribution is -2.44. The van der Waals surface area contributed by atoms with Crippen LogP contribution in [0, 0.1) is 11.0 Å². The maximum Gasteiger partial charge on any atom is 0.410 e. The van der Waals surface area contributed by atoms with Crippen LogP contribution in [-0.4, -0.2) is 35.8 Å². The maximum atomic E-state index is 13.8. The number of piperidine rings is 1. The van der Waals surface area contributed by atoms with E-state index in [-0.39, 0.29) is 12.2 Å². The van der Waals surface area contributed by atoms with Crippen molar-refractivity contribution in [2.45, 2.75) is 44.5 Å². The zero-order valence-electron chi connectivity index (χ0n) is 15.0. The van der Waals surface area contributed by atoms with Crippen molar-refractivity contribution in [1.29, 1.82) is 0 Å². The summed E-state index contributed by atoms with van der Waals surface area (Å²) in [6.45, 7) is 6.38. The van der Waals surface area contributed by atoms with Gasteiger partial charge in [-0.1, -0.05) is 0 Å². The van der Waals surface area contributed by atoms with Gasteiger partial charge in [0, 0.05) is 30.7 Å². The third-order valence-corrected chi connectivity index (χ3v) is 4.93. The van der Waals surface area contributed by atoms with Crippen molar-refractivity contribution in [2.24, 2.45) is 0 Å². The van der Waals surface area contributed by atoms with Gasteiger partial charge in [0.1, 0.15) is 23.1 Å². The van der Waals surface area contributed by atoms with Gasteiger partial charge in [-0.3, -0.25) is 0 Å². The molecule has 1 aromatic carbocycles. The number of hydrogen-bond donors (Lipinski definition) is 0. The van der Waals surface area contributed by atoms with Crippen LogP contribution in [0.25, 0.3) is 10.9 Å². The second-order valence-electron chi connectivity index (χ2n) is 7.89. The van der Waals surface area contributed by atoms with Crippen molar-refractivity contribution in [3.8, 4) is 0 Å². The number of hydrogen-bond acceptors (Lipinski definition) is 4. The van der Waals surface area contributed by atoms with E-state index in [1.807, 2.05) is 20.8 Å². The molecule has 7 heteroatoms. The highest BCUT2D eigenvalue weighted by Gasteiger charge is 2.61. The number of carbonyl (C=O) groups excluding carboxylic acids is 1. The Morgan fingerprint density at radius 1 is 1.42 bits per heavy atom. The minimum absolute atomic E-state index is 0.183. The molecule has 0 aliphatic carbocycles. The Morgan fingerprint density at radius 3 is 2.88 bits per heavy atom. The number of rotatable bonds is 1. The highest BCUT2D eigenvalue weighted by molar-refractivity contribution is 5.81. The number of halogens is 1. The lowest BCUT2D eigenvalue weighted by molar-refractivity contribution is -0.577. The molecular weight excluding hydrogens is 339 g/mol. The van der Waals surface area contributed by atoms with Crippen LogP contribution in [0.2, 0.25) is 0 Å². The Labute approximate surface area is 150 Å². The summed E-state index contributed by atoms with van der Waals surface area (Å²) in [5.74, 6) is -0.398. The summed E-state index contributed by atoms with van der Waals surface area (Å²) in [6.07, 6.45) is 1.45. The molecule has 3 heterocycles. The average molecular weight is 360 g/mol. The monoisotopic (exact) mass is 360 g/mol. The molecule has 0 saturated carbocycles. The highest BCUT2D eigenvalue weighted by atomic mass is 19.1. The molecule has 2 unspecified atom stereocenters. The predicted octanol–water partition coefficient (Wildman–Crippen LogP) is 2.85. The van der Waals surface area contributed by atoms with Crippen LogP contribution in [0.1, 0.15) is 32.8 Å². The summed E-state index contributed by atoms with van der Waals surface area (Å²) >= 11 is 0. The Balaban J connectivity index is 1.61. The molecule has 2 saturated heterocycles. The number of nitrogens with zero attached hydrogens (tertiary/aromatic N) is 2. The summed E-state index contributed by atoms with van der Waals surface area (Å²) in [6, 6.07) is 5.81. The fraction of sp³-hybridized carbons (Fsp3) is 0.474. The van der Waals surface area contributed by atoms with Gasteiger partial charge in [0.15, 0.2) is 6.20 Å². The minimum Gasteiger partial charge on any atom is -0.618 e. The van der Waals surface area contributed by atoms with Gasteiger partial charge in [-0.15, -0.1) is 0 Å². The van der Waals surface area contributed by atoms with E-state index in [4.69, 9.17) is 9.47 Å². The SMILES string of the molecule is CC(C)(C)OC(=O)N1CCC2(c3cc[n+]([O-])c4ccc(F)cc34)OC2C1. The van der Waals surface area contributed by atoms with Crippen LogP contribution < -0.4 is 4.73 Å². The Bertz CT molecular complexity index is 895. The van der Waals surface area contributed by atoms with Crippen molar-refractivity contribution in [3.63, 3.8) is 0 Å². The molecule has 0 spiro atoms. The van der Waals surface area contributed by atoms with Gasteiger partial charge in [0.2, 0.25) is 5.52 Å². The van der Waals surface area contributed by atoms with Crippen LogP contribution in [-0.2, 0) is 15.1 Å². The third kappa shape index (κ3) is 2.76. The van der Waals surface area contributed by atoms with Crippen molar-refractivity contribution in [1.82, 2.24) is 4.90 Å². The number of fused-ring (bicyclic) bond motifs is 2. The zero-order valence-corrected chi connectivity index (χ0v) is 15.0.